The molecule has 208 valence electrons. The first-order valence-electron chi connectivity index (χ1n) is 13.5. The Hall–Kier alpha value is -0.760. The predicted octanol–water partition coefficient (Wildman–Crippen LogP) is 5.77. The molecule has 2 N–H and O–H groups in total. The number of rotatable bonds is 24. The number of carbonyl (C=O) groups excluding carboxylic acids is 1. The van der Waals surface area contributed by atoms with Crippen LogP contribution in [0.4, 0.5) is 0 Å². The molecule has 0 heterocycles. The number of hydrogen-bond donors (Lipinski definition) is 2. The maximum absolute atomic E-state index is 11.8. The van der Waals surface area contributed by atoms with E-state index >= 15 is 0 Å². The maximum atomic E-state index is 11.8. The highest BCUT2D eigenvalue weighted by Gasteiger charge is 2.24. The number of phosphoric acid groups is 1. The SMILES string of the molecule is CCCCCCCC/C=C/CCCCCCCC(=O)OC[C@H](O)COP(=O)(O)OCC[N+](C)(C)C. The standard InChI is InChI=1S/C26H52NO7P/c1-5-6-7-8-9-10-11-12-13-14-15-16-17-18-19-20-26(29)32-23-25(28)24-34-35(30,31)33-22-21-27(2,3)4/h12-13,25,28H,5-11,14-24H2,1-4H3/p+1/b13-12+/t25-/m0/s1. The minimum Gasteiger partial charge on any atom is -0.463 e. The largest absolute Gasteiger partial charge is 0.472 e. The third-order valence-electron chi connectivity index (χ3n) is 5.53. The van der Waals surface area contributed by atoms with Gasteiger partial charge in [0.15, 0.2) is 0 Å². The van der Waals surface area contributed by atoms with E-state index in [1.54, 1.807) is 0 Å². The van der Waals surface area contributed by atoms with Gasteiger partial charge in [-0.3, -0.25) is 13.8 Å². The molecule has 0 radical (unpaired) electrons. The molecule has 0 spiro atoms. The van der Waals surface area contributed by atoms with Crippen molar-refractivity contribution in [3.8, 4) is 0 Å². The molecule has 0 aromatic heterocycles. The van der Waals surface area contributed by atoms with Crippen LogP contribution in [0.3, 0.4) is 0 Å². The highest BCUT2D eigenvalue weighted by atomic mass is 31.2. The molecular weight excluding hydrogens is 469 g/mol. The third kappa shape index (κ3) is 26.1. The van der Waals surface area contributed by atoms with Crippen LogP contribution in [-0.4, -0.2) is 74.1 Å². The van der Waals surface area contributed by atoms with E-state index in [0.717, 1.165) is 32.1 Å². The van der Waals surface area contributed by atoms with E-state index in [1.165, 1.54) is 51.4 Å². The predicted molar refractivity (Wildman–Crippen MR) is 141 cm³/mol. The summed E-state index contributed by atoms with van der Waals surface area (Å²) in [5.41, 5.74) is 0. The molecule has 0 saturated heterocycles. The molecule has 0 bridgehead atoms. The number of esters is 1. The summed E-state index contributed by atoms with van der Waals surface area (Å²) in [5.74, 6) is -0.381. The lowest BCUT2D eigenvalue weighted by atomic mass is 10.1. The molecule has 0 fully saturated rings. The van der Waals surface area contributed by atoms with E-state index in [-0.39, 0.29) is 19.2 Å². The van der Waals surface area contributed by atoms with Crippen LogP contribution in [0.15, 0.2) is 12.2 Å². The van der Waals surface area contributed by atoms with Gasteiger partial charge in [-0.05, 0) is 32.1 Å². The van der Waals surface area contributed by atoms with Gasteiger partial charge in [-0.2, -0.15) is 0 Å². The van der Waals surface area contributed by atoms with Crippen LogP contribution in [0.5, 0.6) is 0 Å². The van der Waals surface area contributed by atoms with Crippen molar-refractivity contribution in [2.24, 2.45) is 0 Å². The number of unbranched alkanes of at least 4 members (excludes halogenated alkanes) is 11. The second-order valence-electron chi connectivity index (χ2n) is 10.3. The fraction of sp³-hybridized carbons (Fsp3) is 0.885. The molecule has 0 aliphatic carbocycles. The number of likely N-dealkylation sites (N-methyl/N-ethyl adjacent to an activating group) is 1. The van der Waals surface area contributed by atoms with Crippen LogP contribution in [0, 0.1) is 0 Å². The fourth-order valence-electron chi connectivity index (χ4n) is 3.30. The van der Waals surface area contributed by atoms with Gasteiger partial charge in [-0.25, -0.2) is 4.57 Å². The van der Waals surface area contributed by atoms with E-state index in [1.807, 2.05) is 21.1 Å². The lowest BCUT2D eigenvalue weighted by Gasteiger charge is -2.24. The molecule has 1 unspecified atom stereocenters. The summed E-state index contributed by atoms with van der Waals surface area (Å²) in [6, 6.07) is 0. The van der Waals surface area contributed by atoms with E-state index in [0.29, 0.717) is 17.4 Å². The van der Waals surface area contributed by atoms with Gasteiger partial charge in [0.25, 0.3) is 0 Å². The first-order chi connectivity index (χ1) is 16.6. The van der Waals surface area contributed by atoms with Crippen molar-refractivity contribution in [2.45, 2.75) is 103 Å². The summed E-state index contributed by atoms with van der Waals surface area (Å²) in [5, 5.41) is 9.82. The first kappa shape index (κ1) is 34.2. The Balaban J connectivity index is 3.59. The van der Waals surface area contributed by atoms with Crippen molar-refractivity contribution >= 4 is 13.8 Å². The van der Waals surface area contributed by atoms with Crippen molar-refractivity contribution in [3.63, 3.8) is 0 Å². The van der Waals surface area contributed by atoms with Crippen LogP contribution >= 0.6 is 7.82 Å². The molecule has 0 saturated carbocycles. The number of ether oxygens (including phenoxy) is 1. The second-order valence-corrected chi connectivity index (χ2v) is 11.7. The van der Waals surface area contributed by atoms with Gasteiger partial charge in [-0.15, -0.1) is 0 Å². The minimum absolute atomic E-state index is 0.0539. The van der Waals surface area contributed by atoms with Gasteiger partial charge >= 0.3 is 13.8 Å². The van der Waals surface area contributed by atoms with Crippen molar-refractivity contribution in [1.82, 2.24) is 0 Å². The fourth-order valence-corrected chi connectivity index (χ4v) is 4.04. The topological polar surface area (TPSA) is 102 Å². The first-order valence-corrected chi connectivity index (χ1v) is 15.0. The number of hydrogen-bond acceptors (Lipinski definition) is 6. The summed E-state index contributed by atoms with van der Waals surface area (Å²) in [6.07, 6.45) is 19.2. The van der Waals surface area contributed by atoms with Crippen LogP contribution < -0.4 is 0 Å². The van der Waals surface area contributed by atoms with Crippen molar-refractivity contribution in [3.05, 3.63) is 12.2 Å². The molecule has 0 aliphatic rings. The van der Waals surface area contributed by atoms with E-state index in [9.17, 15) is 19.4 Å². The number of aliphatic hydroxyl groups is 1. The van der Waals surface area contributed by atoms with Gasteiger partial charge in [0.2, 0.25) is 0 Å². The smallest absolute Gasteiger partial charge is 0.463 e. The van der Waals surface area contributed by atoms with Gasteiger partial charge in [-0.1, -0.05) is 70.4 Å². The summed E-state index contributed by atoms with van der Waals surface area (Å²) < 4.78 is 27.0. The summed E-state index contributed by atoms with van der Waals surface area (Å²) >= 11 is 0. The Kier molecular flexibility index (Phi) is 20.9. The third-order valence-corrected chi connectivity index (χ3v) is 6.51. The quantitative estimate of drug-likeness (QED) is 0.0546. The average molecular weight is 523 g/mol. The highest BCUT2D eigenvalue weighted by Crippen LogP contribution is 2.43. The Morgan fingerprint density at radius 3 is 1.97 bits per heavy atom. The molecule has 0 aromatic rings. The molecule has 2 atom stereocenters. The molecule has 0 amide bonds. The Morgan fingerprint density at radius 2 is 1.40 bits per heavy atom. The lowest BCUT2D eigenvalue weighted by molar-refractivity contribution is -0.870. The Morgan fingerprint density at radius 1 is 0.857 bits per heavy atom. The zero-order valence-electron chi connectivity index (χ0n) is 22.8. The number of quaternary nitrogens is 1. The lowest BCUT2D eigenvalue weighted by Crippen LogP contribution is -2.37. The van der Waals surface area contributed by atoms with Crippen LogP contribution in [0.2, 0.25) is 0 Å². The second kappa shape index (κ2) is 21.3. The number of allylic oxidation sites excluding steroid dienone is 2. The van der Waals surface area contributed by atoms with Gasteiger partial charge in [0.05, 0.1) is 27.7 Å². The van der Waals surface area contributed by atoms with Crippen LogP contribution in [0.1, 0.15) is 96.8 Å². The average Bonchev–Trinajstić information content (AvgIpc) is 2.78. The number of aliphatic hydroxyl groups excluding tert-OH is 1. The van der Waals surface area contributed by atoms with Gasteiger partial charge in [0, 0.05) is 6.42 Å². The Bertz CT molecular complexity index is 593. The van der Waals surface area contributed by atoms with Crippen molar-refractivity contribution < 1.29 is 37.6 Å². The summed E-state index contributed by atoms with van der Waals surface area (Å²) in [7, 11) is 1.56. The monoisotopic (exact) mass is 522 g/mol. The molecule has 35 heavy (non-hydrogen) atoms. The van der Waals surface area contributed by atoms with E-state index < -0.39 is 20.5 Å². The van der Waals surface area contributed by atoms with E-state index in [2.05, 4.69) is 19.1 Å². The Labute approximate surface area is 214 Å². The maximum Gasteiger partial charge on any atom is 0.472 e. The molecule has 0 aliphatic heterocycles. The number of carbonyl (C=O) groups is 1. The zero-order chi connectivity index (χ0) is 26.4. The van der Waals surface area contributed by atoms with E-state index in [4.69, 9.17) is 13.8 Å². The summed E-state index contributed by atoms with van der Waals surface area (Å²) in [6.45, 7) is 2.11. The van der Waals surface area contributed by atoms with Crippen molar-refractivity contribution in [1.29, 1.82) is 0 Å². The van der Waals surface area contributed by atoms with Crippen LogP contribution in [0.25, 0.3) is 0 Å². The number of nitrogens with zero attached hydrogens (tertiary/aromatic N) is 1. The molecule has 9 heteroatoms. The molecule has 0 rings (SSSR count). The normalized spacial score (nSPS) is 14.8. The zero-order valence-corrected chi connectivity index (χ0v) is 23.7. The van der Waals surface area contributed by atoms with Gasteiger partial charge < -0.3 is 19.2 Å². The number of phosphoric ester groups is 1. The minimum atomic E-state index is -4.24. The highest BCUT2D eigenvalue weighted by molar-refractivity contribution is 7.47. The van der Waals surface area contributed by atoms with Crippen molar-refractivity contribution in [2.75, 3.05) is 47.5 Å². The van der Waals surface area contributed by atoms with Gasteiger partial charge in [0.1, 0.15) is 25.9 Å². The molecular formula is C26H53NO7P+. The summed E-state index contributed by atoms with van der Waals surface area (Å²) in [4.78, 5) is 21.4. The molecule has 8 nitrogen and oxygen atoms in total. The molecule has 0 aromatic carbocycles. The van der Waals surface area contributed by atoms with Crippen LogP contribution in [-0.2, 0) is 23.1 Å².